The monoisotopic (exact) mass is 271 g/mol. The quantitative estimate of drug-likeness (QED) is 0.540. The molecule has 3 N–H and O–H groups in total. The lowest BCUT2D eigenvalue weighted by atomic mass is 10.2. The summed E-state index contributed by atoms with van der Waals surface area (Å²) in [7, 11) is 0. The summed E-state index contributed by atoms with van der Waals surface area (Å²) in [5, 5.41) is 1.45. The topological polar surface area (TPSA) is 97.5 Å². The van der Waals surface area contributed by atoms with Crippen molar-refractivity contribution in [2.24, 2.45) is 0 Å². The Morgan fingerprint density at radius 1 is 1.21 bits per heavy atom. The van der Waals surface area contributed by atoms with E-state index in [1.165, 1.54) is 11.8 Å². The van der Waals surface area contributed by atoms with E-state index < -0.39 is 0 Å². The zero-order valence-electron chi connectivity index (χ0n) is 9.70. The molecule has 0 bridgehead atoms. The number of nitrogens with zero attached hydrogens (tertiary/aromatic N) is 3. The maximum atomic E-state index is 11.9. The average molecular weight is 271 g/mol. The van der Waals surface area contributed by atoms with Gasteiger partial charge in [0.15, 0.2) is 10.3 Å². The summed E-state index contributed by atoms with van der Waals surface area (Å²) >= 11 is 1.20. The van der Waals surface area contributed by atoms with Crippen molar-refractivity contribution in [3.05, 3.63) is 47.0 Å². The van der Waals surface area contributed by atoms with E-state index in [0.29, 0.717) is 26.9 Å². The summed E-state index contributed by atoms with van der Waals surface area (Å²) in [6.45, 7) is 0. The van der Waals surface area contributed by atoms with E-state index in [1.54, 1.807) is 36.7 Å². The first-order valence-corrected chi connectivity index (χ1v) is 6.28. The lowest BCUT2D eigenvalue weighted by Gasteiger charge is -2.02. The summed E-state index contributed by atoms with van der Waals surface area (Å²) in [6.07, 6.45) is 3.27. The molecule has 0 aliphatic carbocycles. The Morgan fingerprint density at radius 3 is 2.79 bits per heavy atom. The molecule has 1 aromatic carbocycles. The van der Waals surface area contributed by atoms with Gasteiger partial charge in [-0.15, -0.1) is 0 Å². The van der Waals surface area contributed by atoms with Crippen LogP contribution in [0.15, 0.2) is 51.8 Å². The first kappa shape index (κ1) is 11.7. The number of aromatic nitrogens is 4. The minimum absolute atomic E-state index is 0.226. The Balaban J connectivity index is 2.07. The van der Waals surface area contributed by atoms with Gasteiger partial charge in [0.1, 0.15) is 0 Å². The van der Waals surface area contributed by atoms with Crippen LogP contribution in [0.2, 0.25) is 0 Å². The molecule has 0 saturated carbocycles. The highest BCUT2D eigenvalue weighted by Crippen LogP contribution is 2.21. The van der Waals surface area contributed by atoms with Gasteiger partial charge in [0.25, 0.3) is 5.56 Å². The number of anilines is 1. The number of rotatable bonds is 2. The number of nitrogens with two attached hydrogens (primary N) is 1. The molecule has 3 rings (SSSR count). The van der Waals surface area contributed by atoms with Crippen LogP contribution in [0.3, 0.4) is 0 Å². The third-order valence-corrected chi connectivity index (χ3v) is 3.22. The molecule has 0 saturated heterocycles. The maximum Gasteiger partial charge on any atom is 0.259 e. The third-order valence-electron chi connectivity index (χ3n) is 2.44. The molecule has 0 amide bonds. The lowest BCUT2D eigenvalue weighted by molar-refractivity contribution is 0.930. The predicted octanol–water partition coefficient (Wildman–Crippen LogP) is 1.45. The van der Waals surface area contributed by atoms with E-state index in [9.17, 15) is 4.79 Å². The van der Waals surface area contributed by atoms with Crippen LogP contribution in [0.4, 0.5) is 5.69 Å². The molecule has 0 unspecified atom stereocenters. The number of hydrogen-bond donors (Lipinski definition) is 2. The maximum absolute atomic E-state index is 11.9. The standard InChI is InChI=1S/C12H9N5OS/c13-7-2-3-9-8(6-7)10(18)17-12(16-9)19-11-14-4-1-5-15-11/h1-6H,13H2,(H,16,17,18). The highest BCUT2D eigenvalue weighted by molar-refractivity contribution is 7.99. The minimum Gasteiger partial charge on any atom is -0.399 e. The fraction of sp³-hybridized carbons (Fsp3) is 0. The molecule has 3 aromatic rings. The average Bonchev–Trinajstić information content (AvgIpc) is 2.41. The van der Waals surface area contributed by atoms with Crippen LogP contribution in [0.25, 0.3) is 10.9 Å². The molecule has 0 aliphatic heterocycles. The molecule has 0 atom stereocenters. The van der Waals surface area contributed by atoms with Crippen molar-refractivity contribution in [3.63, 3.8) is 0 Å². The normalized spacial score (nSPS) is 10.7. The number of H-pyrrole nitrogens is 1. The van der Waals surface area contributed by atoms with Crippen molar-refractivity contribution < 1.29 is 0 Å². The molecule has 2 heterocycles. The zero-order chi connectivity index (χ0) is 13.2. The summed E-state index contributed by atoms with van der Waals surface area (Å²) < 4.78 is 0. The van der Waals surface area contributed by atoms with Crippen LogP contribution < -0.4 is 11.3 Å². The number of hydrogen-bond acceptors (Lipinski definition) is 6. The predicted molar refractivity (Wildman–Crippen MR) is 72.9 cm³/mol. The second-order valence-corrected chi connectivity index (χ2v) is 4.74. The van der Waals surface area contributed by atoms with Gasteiger partial charge in [0.05, 0.1) is 10.9 Å². The zero-order valence-corrected chi connectivity index (χ0v) is 10.5. The van der Waals surface area contributed by atoms with Crippen molar-refractivity contribution in [2.75, 3.05) is 5.73 Å². The first-order valence-electron chi connectivity index (χ1n) is 5.47. The van der Waals surface area contributed by atoms with Crippen molar-refractivity contribution in [1.82, 2.24) is 19.9 Å². The fourth-order valence-corrected chi connectivity index (χ4v) is 2.30. The summed E-state index contributed by atoms with van der Waals surface area (Å²) in [5.41, 5.74) is 6.55. The molecule has 0 radical (unpaired) electrons. The second-order valence-electron chi connectivity index (χ2n) is 3.78. The minimum atomic E-state index is -0.226. The highest BCUT2D eigenvalue weighted by Gasteiger charge is 2.06. The van der Waals surface area contributed by atoms with Gasteiger partial charge >= 0.3 is 0 Å². The van der Waals surface area contributed by atoms with Gasteiger partial charge in [-0.3, -0.25) is 4.79 Å². The molecule has 7 heteroatoms. The Labute approximate surface area is 112 Å². The Kier molecular flexibility index (Phi) is 2.88. The molecule has 94 valence electrons. The second kappa shape index (κ2) is 4.69. The number of benzene rings is 1. The largest absolute Gasteiger partial charge is 0.399 e. The number of nitrogens with one attached hydrogen (secondary N) is 1. The van der Waals surface area contributed by atoms with E-state index in [-0.39, 0.29) is 5.56 Å². The van der Waals surface area contributed by atoms with Crippen LogP contribution >= 0.6 is 11.8 Å². The number of aromatic amines is 1. The van der Waals surface area contributed by atoms with Crippen molar-refractivity contribution in [2.45, 2.75) is 10.3 Å². The lowest BCUT2D eigenvalue weighted by Crippen LogP contribution is -2.09. The number of nitrogen functional groups attached to an aromatic ring is 1. The van der Waals surface area contributed by atoms with Crippen LogP contribution in [-0.4, -0.2) is 19.9 Å². The highest BCUT2D eigenvalue weighted by atomic mass is 32.2. The molecule has 0 aliphatic rings. The van der Waals surface area contributed by atoms with Crippen LogP contribution in [0.1, 0.15) is 0 Å². The van der Waals surface area contributed by atoms with Gasteiger partial charge in [0, 0.05) is 18.1 Å². The SMILES string of the molecule is Nc1ccc2nc(Sc3ncccn3)[nH]c(=O)c2c1. The Morgan fingerprint density at radius 2 is 2.00 bits per heavy atom. The molecule has 6 nitrogen and oxygen atoms in total. The molecular weight excluding hydrogens is 262 g/mol. The Hall–Kier alpha value is -2.41. The van der Waals surface area contributed by atoms with Gasteiger partial charge < -0.3 is 10.7 Å². The van der Waals surface area contributed by atoms with E-state index in [4.69, 9.17) is 5.73 Å². The van der Waals surface area contributed by atoms with Gasteiger partial charge in [-0.1, -0.05) is 0 Å². The van der Waals surface area contributed by atoms with E-state index >= 15 is 0 Å². The fourth-order valence-electron chi connectivity index (χ4n) is 1.61. The van der Waals surface area contributed by atoms with Gasteiger partial charge in [-0.05, 0) is 36.0 Å². The summed E-state index contributed by atoms with van der Waals surface area (Å²) in [4.78, 5) is 27.1. The summed E-state index contributed by atoms with van der Waals surface area (Å²) in [5.74, 6) is 0. The van der Waals surface area contributed by atoms with Crippen LogP contribution in [0.5, 0.6) is 0 Å². The van der Waals surface area contributed by atoms with E-state index in [1.807, 2.05) is 0 Å². The van der Waals surface area contributed by atoms with Gasteiger partial charge in [-0.2, -0.15) is 0 Å². The van der Waals surface area contributed by atoms with Crippen molar-refractivity contribution >= 4 is 28.4 Å². The van der Waals surface area contributed by atoms with Crippen molar-refractivity contribution in [1.29, 1.82) is 0 Å². The van der Waals surface area contributed by atoms with Crippen LogP contribution in [0, 0.1) is 0 Å². The molecule has 2 aromatic heterocycles. The molecule has 19 heavy (non-hydrogen) atoms. The van der Waals surface area contributed by atoms with Gasteiger partial charge in [0.2, 0.25) is 0 Å². The smallest absolute Gasteiger partial charge is 0.259 e. The molecule has 0 spiro atoms. The van der Waals surface area contributed by atoms with Crippen molar-refractivity contribution in [3.8, 4) is 0 Å². The summed E-state index contributed by atoms with van der Waals surface area (Å²) in [6, 6.07) is 6.76. The number of fused-ring (bicyclic) bond motifs is 1. The van der Waals surface area contributed by atoms with Crippen LogP contribution in [-0.2, 0) is 0 Å². The Bertz CT molecular complexity index is 787. The van der Waals surface area contributed by atoms with E-state index in [2.05, 4.69) is 19.9 Å². The first-order chi connectivity index (χ1) is 9.22. The molecular formula is C12H9N5OS. The third kappa shape index (κ3) is 2.41. The van der Waals surface area contributed by atoms with E-state index in [0.717, 1.165) is 0 Å². The van der Waals surface area contributed by atoms with Gasteiger partial charge in [-0.25, -0.2) is 15.0 Å². The molecule has 0 fully saturated rings.